The molecular weight excluding hydrogens is 672 g/mol. The number of allylic oxidation sites excluding steroid dienone is 1. The zero-order valence-corrected chi connectivity index (χ0v) is 26.6. The van der Waals surface area contributed by atoms with Crippen LogP contribution in [0.4, 0.5) is 0 Å². The van der Waals surface area contributed by atoms with Gasteiger partial charge in [0.15, 0.2) is 24.1 Å². The summed E-state index contributed by atoms with van der Waals surface area (Å²) >= 11 is 0. The Labute approximate surface area is 284 Å². The van der Waals surface area contributed by atoms with Gasteiger partial charge in [-0.05, 0) is 35.8 Å². The maximum atomic E-state index is 12.3. The summed E-state index contributed by atoms with van der Waals surface area (Å²) < 4.78 is 38.2. The zero-order valence-electron chi connectivity index (χ0n) is 26.6. The molecule has 0 unspecified atom stereocenters. The van der Waals surface area contributed by atoms with Crippen LogP contribution in [0.3, 0.4) is 0 Å². The normalized spacial score (nSPS) is 37.0. The van der Waals surface area contributed by atoms with Crippen molar-refractivity contribution in [3.8, 4) is 11.5 Å². The molecule has 0 spiro atoms. The van der Waals surface area contributed by atoms with Gasteiger partial charge in [0, 0.05) is 12.0 Å². The Bertz CT molecular complexity index is 1460. The van der Waals surface area contributed by atoms with Crippen molar-refractivity contribution in [3.63, 3.8) is 0 Å². The van der Waals surface area contributed by atoms with Crippen molar-refractivity contribution in [2.24, 2.45) is 11.8 Å². The van der Waals surface area contributed by atoms with Crippen LogP contribution in [0.15, 0.2) is 47.8 Å². The van der Waals surface area contributed by atoms with Gasteiger partial charge in [-0.15, -0.1) is 0 Å². The van der Waals surface area contributed by atoms with E-state index >= 15 is 0 Å². The first kappa shape index (κ1) is 37.6. The molecule has 0 aromatic heterocycles. The Balaban J connectivity index is 1.19. The molecule has 3 heterocycles. The van der Waals surface area contributed by atoms with E-state index in [4.69, 9.17) is 33.2 Å². The van der Waals surface area contributed by atoms with Crippen molar-refractivity contribution in [2.45, 2.75) is 74.1 Å². The molecular formula is C32H40O18. The smallest absolute Gasteiger partial charge is 0.335 e. The SMILES string of the molecule is COc1cc(/C=C/C(=O)OC[C@H]2O[C@@H](OC[C@H]3O[C@@H](O[C@@H]4OC=C(C(=O)O)[C@H]5CC=C(CO)[C@@H]45)[C@H](O)[C@@H](O)[C@@H]3O)[C@H](O)[C@@H](O)[C@@H]2O)ccc1O. The summed E-state index contributed by atoms with van der Waals surface area (Å²) in [5.41, 5.74) is 0.898. The Morgan fingerprint density at radius 3 is 2.22 bits per heavy atom. The number of benzene rings is 1. The number of hydrogen-bond acceptors (Lipinski definition) is 17. The molecule has 3 aliphatic heterocycles. The molecule has 18 heteroatoms. The van der Waals surface area contributed by atoms with Crippen LogP contribution >= 0.6 is 0 Å². The van der Waals surface area contributed by atoms with E-state index in [1.54, 1.807) is 6.08 Å². The number of carbonyl (C=O) groups excluding carboxylic acids is 1. The Hall–Kier alpha value is -3.66. The number of carbonyl (C=O) groups is 2. The first-order valence-corrected chi connectivity index (χ1v) is 15.6. The third-order valence-corrected chi connectivity index (χ3v) is 8.98. The molecule has 0 saturated carbocycles. The number of aliphatic hydroxyl groups excluding tert-OH is 7. The number of methoxy groups -OCH3 is 1. The third-order valence-electron chi connectivity index (χ3n) is 8.98. The van der Waals surface area contributed by atoms with Gasteiger partial charge in [-0.3, -0.25) is 0 Å². The molecule has 9 N–H and O–H groups in total. The van der Waals surface area contributed by atoms with Crippen molar-refractivity contribution < 1.29 is 88.7 Å². The number of aliphatic carboxylic acids is 1. The fourth-order valence-electron chi connectivity index (χ4n) is 6.17. The second-order valence-corrected chi connectivity index (χ2v) is 12.1. The molecule has 13 atom stereocenters. The maximum Gasteiger partial charge on any atom is 0.335 e. The molecule has 5 rings (SSSR count). The molecule has 50 heavy (non-hydrogen) atoms. The van der Waals surface area contributed by atoms with Gasteiger partial charge >= 0.3 is 11.9 Å². The van der Waals surface area contributed by atoms with Crippen molar-refractivity contribution in [1.82, 2.24) is 0 Å². The van der Waals surface area contributed by atoms with Crippen LogP contribution in [0, 0.1) is 11.8 Å². The average Bonchev–Trinajstić information content (AvgIpc) is 3.54. The predicted molar refractivity (Wildman–Crippen MR) is 162 cm³/mol. The van der Waals surface area contributed by atoms with Crippen LogP contribution in [0.1, 0.15) is 12.0 Å². The molecule has 2 saturated heterocycles. The van der Waals surface area contributed by atoms with Crippen LogP contribution in [0.2, 0.25) is 0 Å². The van der Waals surface area contributed by atoms with Crippen LogP contribution < -0.4 is 4.74 Å². The van der Waals surface area contributed by atoms with E-state index < -0.39 is 111 Å². The lowest BCUT2D eigenvalue weighted by atomic mass is 9.83. The summed E-state index contributed by atoms with van der Waals surface area (Å²) in [6, 6.07) is 4.36. The van der Waals surface area contributed by atoms with Gasteiger partial charge in [0.2, 0.25) is 6.29 Å². The van der Waals surface area contributed by atoms with Crippen LogP contribution in [0.5, 0.6) is 11.5 Å². The largest absolute Gasteiger partial charge is 0.504 e. The molecule has 0 bridgehead atoms. The minimum Gasteiger partial charge on any atom is -0.504 e. The highest BCUT2D eigenvalue weighted by Crippen LogP contribution is 2.44. The topological polar surface area (TPSA) is 281 Å². The molecule has 1 aliphatic carbocycles. The average molecular weight is 713 g/mol. The lowest BCUT2D eigenvalue weighted by Crippen LogP contribution is -2.62. The first-order valence-electron chi connectivity index (χ1n) is 15.6. The van der Waals surface area contributed by atoms with Gasteiger partial charge in [-0.1, -0.05) is 12.1 Å². The van der Waals surface area contributed by atoms with Crippen LogP contribution in [-0.4, -0.2) is 153 Å². The van der Waals surface area contributed by atoms with Gasteiger partial charge in [0.25, 0.3) is 0 Å². The number of esters is 1. The summed E-state index contributed by atoms with van der Waals surface area (Å²) in [6.45, 7) is -1.62. The van der Waals surface area contributed by atoms with E-state index in [2.05, 4.69) is 0 Å². The molecule has 0 amide bonds. The summed E-state index contributed by atoms with van der Waals surface area (Å²) in [6.07, 6.45) is -12.8. The molecule has 1 aromatic rings. The number of rotatable bonds is 12. The van der Waals surface area contributed by atoms with E-state index in [-0.39, 0.29) is 23.5 Å². The maximum absolute atomic E-state index is 12.3. The van der Waals surface area contributed by atoms with Gasteiger partial charge in [0.05, 0.1) is 38.1 Å². The second-order valence-electron chi connectivity index (χ2n) is 12.1. The Morgan fingerprint density at radius 1 is 0.900 bits per heavy atom. The number of aliphatic hydroxyl groups is 7. The predicted octanol–water partition coefficient (Wildman–Crippen LogP) is -2.51. The highest BCUT2D eigenvalue weighted by atomic mass is 16.8. The zero-order chi connectivity index (χ0) is 36.3. The second kappa shape index (κ2) is 16.1. The number of hydrogen-bond donors (Lipinski definition) is 9. The molecule has 1 aromatic carbocycles. The fraction of sp³-hybridized carbons (Fsp3) is 0.562. The highest BCUT2D eigenvalue weighted by Gasteiger charge is 2.51. The lowest BCUT2D eigenvalue weighted by molar-refractivity contribution is -0.352. The van der Waals surface area contributed by atoms with E-state index in [1.165, 1.54) is 31.4 Å². The minimum atomic E-state index is -1.84. The number of aromatic hydroxyl groups is 1. The van der Waals surface area contributed by atoms with Gasteiger partial charge in [-0.2, -0.15) is 0 Å². The van der Waals surface area contributed by atoms with E-state index in [1.807, 2.05) is 0 Å². The van der Waals surface area contributed by atoms with Crippen molar-refractivity contribution in [3.05, 3.63) is 53.3 Å². The third kappa shape index (κ3) is 7.95. The Kier molecular flexibility index (Phi) is 12.1. The first-order chi connectivity index (χ1) is 23.8. The molecule has 276 valence electrons. The van der Waals surface area contributed by atoms with E-state index in [0.717, 1.165) is 12.3 Å². The van der Waals surface area contributed by atoms with E-state index in [9.17, 15) is 55.5 Å². The lowest BCUT2D eigenvalue weighted by Gasteiger charge is -2.44. The van der Waals surface area contributed by atoms with E-state index in [0.29, 0.717) is 11.1 Å². The van der Waals surface area contributed by atoms with Crippen LogP contribution in [0.25, 0.3) is 6.08 Å². The van der Waals surface area contributed by atoms with Gasteiger partial charge < -0.3 is 79.1 Å². The molecule has 4 aliphatic rings. The molecule has 0 radical (unpaired) electrons. The monoisotopic (exact) mass is 712 g/mol. The Morgan fingerprint density at radius 2 is 1.56 bits per heavy atom. The number of phenols is 1. The minimum absolute atomic E-state index is 0.0422. The summed E-state index contributed by atoms with van der Waals surface area (Å²) in [7, 11) is 1.36. The van der Waals surface area contributed by atoms with Gasteiger partial charge in [-0.25, -0.2) is 9.59 Å². The summed E-state index contributed by atoms with van der Waals surface area (Å²) in [5, 5.41) is 92.3. The number of carboxylic acids is 1. The summed E-state index contributed by atoms with van der Waals surface area (Å²) in [5.74, 6) is -3.36. The quantitative estimate of drug-likeness (QED) is 0.0614. The number of phenolic OH excluding ortho intramolecular Hbond substituents is 1. The number of fused-ring (bicyclic) bond motifs is 1. The highest BCUT2D eigenvalue weighted by molar-refractivity contribution is 5.87. The van der Waals surface area contributed by atoms with Crippen molar-refractivity contribution >= 4 is 18.0 Å². The van der Waals surface area contributed by atoms with Crippen LogP contribution in [-0.2, 0) is 38.0 Å². The van der Waals surface area contributed by atoms with Gasteiger partial charge in [0.1, 0.15) is 55.4 Å². The van der Waals surface area contributed by atoms with Crippen molar-refractivity contribution in [2.75, 3.05) is 26.9 Å². The number of carboxylic acid groups (broad SMARTS) is 1. The fourth-order valence-corrected chi connectivity index (χ4v) is 6.17. The molecule has 18 nitrogen and oxygen atoms in total. The van der Waals surface area contributed by atoms with Crippen molar-refractivity contribution in [1.29, 1.82) is 0 Å². The summed E-state index contributed by atoms with van der Waals surface area (Å²) in [4.78, 5) is 24.0. The standard InChI is InChI=1S/C32H40O18/c1-44-18-8-13(2-6-17(18)34)3-7-21(35)45-11-19-23(36)25(38)27(40)31(48-19)47-12-20-24(37)26(39)28(41)32(49-20)50-30-22-14(9-33)4-5-15(22)16(10-46-30)29(42)43/h2-4,6-8,10,15,19-20,22-28,30-34,36-41H,5,9,11-12H2,1H3,(H,42,43)/b7-3+/t15-,19-,20-,22-,23-,24-,25+,26+,27-,28-,30+,31-,32+/m1/s1. The number of ether oxygens (including phenoxy) is 7. The molecule has 2 fully saturated rings.